The molecule has 3 aromatic carbocycles. The topological polar surface area (TPSA) is 104 Å². The van der Waals surface area contributed by atoms with E-state index in [0.29, 0.717) is 0 Å². The predicted molar refractivity (Wildman–Crippen MR) is 87.4 cm³/mol. The lowest BCUT2D eigenvalue weighted by Gasteiger charge is -2.17. The predicted octanol–water partition coefficient (Wildman–Crippen LogP) is 0.702. The lowest BCUT2D eigenvalue weighted by Crippen LogP contribution is -2.68. The molecule has 0 radical (unpaired) electrons. The molecule has 0 unspecified atom stereocenters. The summed E-state index contributed by atoms with van der Waals surface area (Å²) >= 11 is 0. The fourth-order valence-corrected chi connectivity index (χ4v) is 2.86. The maximum Gasteiger partial charge on any atom is 0.361 e. The summed E-state index contributed by atoms with van der Waals surface area (Å²) in [6.07, 6.45) is 0.915. The van der Waals surface area contributed by atoms with Crippen LogP contribution in [-0.2, 0) is 6.42 Å². The molecule has 0 aliphatic carbocycles. The number of hydrogen-bond donors (Lipinski definition) is 0. The first-order valence-corrected chi connectivity index (χ1v) is 9.03. The van der Waals surface area contributed by atoms with E-state index in [2.05, 4.69) is 54.6 Å². The SMILES string of the molecule is [O-][Cl+3]([O-])([O-])[O-].c1ccc(Cc2c3ccccc3[o+]c3ccccc23)cc1. The maximum atomic E-state index is 8.49. The van der Waals surface area contributed by atoms with Crippen molar-refractivity contribution >= 4 is 21.9 Å². The molecule has 0 bridgehead atoms. The van der Waals surface area contributed by atoms with Crippen LogP contribution in [-0.4, -0.2) is 0 Å². The molecule has 132 valence electrons. The van der Waals surface area contributed by atoms with E-state index in [1.54, 1.807) is 0 Å². The average Bonchev–Trinajstić information content (AvgIpc) is 2.61. The quantitative estimate of drug-likeness (QED) is 0.381. The van der Waals surface area contributed by atoms with E-state index in [4.69, 9.17) is 23.1 Å². The molecule has 0 aliphatic rings. The van der Waals surface area contributed by atoms with Gasteiger partial charge < -0.3 is 0 Å². The molecule has 1 aromatic heterocycles. The molecule has 0 spiro atoms. The molecule has 4 aromatic rings. The number of para-hydroxylation sites is 2. The van der Waals surface area contributed by atoms with Gasteiger partial charge in [0, 0.05) is 12.1 Å². The summed E-state index contributed by atoms with van der Waals surface area (Å²) in [5.41, 5.74) is 4.54. The van der Waals surface area contributed by atoms with Crippen molar-refractivity contribution in [3.8, 4) is 0 Å². The lowest BCUT2D eigenvalue weighted by molar-refractivity contribution is -2.00. The van der Waals surface area contributed by atoms with Crippen LogP contribution in [0.15, 0.2) is 83.3 Å². The Balaban J connectivity index is 0.000000349. The molecule has 0 fully saturated rings. The molecule has 0 atom stereocenters. The number of hydrogen-bond acceptors (Lipinski definition) is 4. The third-order valence-corrected chi connectivity index (χ3v) is 3.87. The Morgan fingerprint density at radius 1 is 0.615 bits per heavy atom. The van der Waals surface area contributed by atoms with Crippen LogP contribution in [0.1, 0.15) is 11.1 Å². The molecule has 0 aliphatic heterocycles. The highest BCUT2D eigenvalue weighted by Gasteiger charge is 2.17. The van der Waals surface area contributed by atoms with Gasteiger partial charge in [-0.25, -0.2) is 23.1 Å². The first kappa shape index (κ1) is 18.3. The second kappa shape index (κ2) is 7.78. The van der Waals surface area contributed by atoms with Gasteiger partial charge in [0.1, 0.15) is 0 Å². The fourth-order valence-electron chi connectivity index (χ4n) is 2.86. The summed E-state index contributed by atoms with van der Waals surface area (Å²) in [7, 11) is -4.94. The van der Waals surface area contributed by atoms with Gasteiger partial charge in [0.25, 0.3) is 0 Å². The van der Waals surface area contributed by atoms with Crippen LogP contribution in [0, 0.1) is 10.2 Å². The van der Waals surface area contributed by atoms with Crippen LogP contribution in [0.4, 0.5) is 0 Å². The molecular weight excluding hydrogens is 356 g/mol. The van der Waals surface area contributed by atoms with Crippen molar-refractivity contribution in [1.82, 2.24) is 0 Å². The second-order valence-corrected chi connectivity index (χ2v) is 6.37. The molecule has 0 N–H and O–H groups in total. The van der Waals surface area contributed by atoms with Crippen molar-refractivity contribution in [2.75, 3.05) is 0 Å². The Kier molecular flexibility index (Phi) is 5.46. The van der Waals surface area contributed by atoms with E-state index in [0.717, 1.165) is 17.6 Å². The molecule has 1 heterocycles. The lowest BCUT2D eigenvalue weighted by atomic mass is 9.97. The largest absolute Gasteiger partial charge is 0.361 e. The zero-order valence-corrected chi connectivity index (χ0v) is 14.4. The monoisotopic (exact) mass is 370 g/mol. The van der Waals surface area contributed by atoms with Crippen molar-refractivity contribution in [1.29, 1.82) is 0 Å². The van der Waals surface area contributed by atoms with Gasteiger partial charge in [-0.15, -0.1) is 10.2 Å². The second-order valence-electron chi connectivity index (χ2n) is 5.61. The average molecular weight is 371 g/mol. The summed E-state index contributed by atoms with van der Waals surface area (Å²) in [5, 5.41) is 2.39. The first-order valence-electron chi connectivity index (χ1n) is 7.80. The molecular formula is C20H15ClO5. The van der Waals surface area contributed by atoms with Crippen molar-refractivity contribution < 1.29 is 33.3 Å². The Bertz CT molecular complexity index is 953. The first-order chi connectivity index (χ1) is 12.4. The molecule has 6 heteroatoms. The summed E-state index contributed by atoms with van der Waals surface area (Å²) in [5.74, 6) is 0. The summed E-state index contributed by atoms with van der Waals surface area (Å²) in [6.45, 7) is 0. The highest BCUT2D eigenvalue weighted by atomic mass is 35.7. The van der Waals surface area contributed by atoms with Crippen LogP contribution >= 0.6 is 0 Å². The van der Waals surface area contributed by atoms with Gasteiger partial charge in [0.15, 0.2) is 0 Å². The fraction of sp³-hybridized carbons (Fsp3) is 0.0500. The van der Waals surface area contributed by atoms with Crippen molar-refractivity contribution in [3.63, 3.8) is 0 Å². The van der Waals surface area contributed by atoms with E-state index in [-0.39, 0.29) is 0 Å². The van der Waals surface area contributed by atoms with Crippen LogP contribution in [0.3, 0.4) is 0 Å². The number of rotatable bonds is 2. The van der Waals surface area contributed by atoms with Gasteiger partial charge >= 0.3 is 11.2 Å². The van der Waals surface area contributed by atoms with Gasteiger partial charge in [0.2, 0.25) is 0 Å². The Labute approximate surface area is 152 Å². The zero-order chi connectivity index (χ0) is 18.6. The molecule has 26 heavy (non-hydrogen) atoms. The zero-order valence-electron chi connectivity index (χ0n) is 13.6. The summed E-state index contributed by atoms with van der Waals surface area (Å²) in [4.78, 5) is 0. The Morgan fingerprint density at radius 2 is 1.04 bits per heavy atom. The van der Waals surface area contributed by atoms with Gasteiger partial charge in [-0.05, 0) is 29.7 Å². The third kappa shape index (κ3) is 4.76. The Morgan fingerprint density at radius 3 is 1.54 bits per heavy atom. The van der Waals surface area contributed by atoms with Crippen molar-refractivity contribution in [2.45, 2.75) is 6.42 Å². The molecule has 5 nitrogen and oxygen atoms in total. The van der Waals surface area contributed by atoms with Crippen molar-refractivity contribution in [3.05, 3.63) is 90.0 Å². The van der Waals surface area contributed by atoms with Gasteiger partial charge in [-0.3, -0.25) is 0 Å². The standard InChI is InChI=1S/C20H15O.ClHO4/c1-2-8-15(9-3-1)14-18-16-10-4-6-12-19(16)21-20-13-7-5-11-17(18)20;2-1(3,4)5/h1-13H,14H2;(H,2,3,4,5)/q+1;/p-1. The molecule has 0 amide bonds. The third-order valence-electron chi connectivity index (χ3n) is 3.87. The molecule has 0 saturated heterocycles. The van der Waals surface area contributed by atoms with E-state index in [9.17, 15) is 0 Å². The molecule has 4 rings (SSSR count). The Hall–Kier alpha value is -2.54. The van der Waals surface area contributed by atoms with E-state index < -0.39 is 10.2 Å². The van der Waals surface area contributed by atoms with Gasteiger partial charge in [-0.1, -0.05) is 54.6 Å². The van der Waals surface area contributed by atoms with E-state index in [1.807, 2.05) is 24.3 Å². The number of halogens is 1. The minimum atomic E-state index is -4.94. The van der Waals surface area contributed by atoms with Crippen LogP contribution in [0.25, 0.3) is 21.9 Å². The minimum absolute atomic E-state index is 0.915. The summed E-state index contributed by atoms with van der Waals surface area (Å²) < 4.78 is 40.0. The van der Waals surface area contributed by atoms with Crippen LogP contribution in [0.5, 0.6) is 0 Å². The van der Waals surface area contributed by atoms with Crippen LogP contribution in [0.2, 0.25) is 0 Å². The molecule has 0 saturated carbocycles. The smallest absolute Gasteiger partial charge is 0.222 e. The van der Waals surface area contributed by atoms with Gasteiger partial charge in [-0.2, -0.15) is 0 Å². The van der Waals surface area contributed by atoms with E-state index in [1.165, 1.54) is 21.9 Å². The van der Waals surface area contributed by atoms with Gasteiger partial charge in [0.05, 0.1) is 10.8 Å². The minimum Gasteiger partial charge on any atom is -0.222 e. The summed E-state index contributed by atoms with van der Waals surface area (Å²) in [6, 6.07) is 27.1. The van der Waals surface area contributed by atoms with E-state index >= 15 is 0 Å². The van der Waals surface area contributed by atoms with Crippen molar-refractivity contribution in [2.24, 2.45) is 0 Å². The normalized spacial score (nSPS) is 11.2. The number of fused-ring (bicyclic) bond motifs is 2. The number of benzene rings is 3. The maximum absolute atomic E-state index is 8.49. The highest BCUT2D eigenvalue weighted by Crippen LogP contribution is 2.30. The highest BCUT2D eigenvalue weighted by molar-refractivity contribution is 5.95. The van der Waals surface area contributed by atoms with Crippen LogP contribution < -0.4 is 18.6 Å².